The molecule has 7 nitrogen and oxygen atoms in total. The van der Waals surface area contributed by atoms with Crippen molar-refractivity contribution in [3.8, 4) is 11.1 Å². The van der Waals surface area contributed by atoms with E-state index in [2.05, 4.69) is 34.6 Å². The van der Waals surface area contributed by atoms with Gasteiger partial charge in [-0.05, 0) is 28.7 Å². The third-order valence-corrected chi connectivity index (χ3v) is 5.25. The van der Waals surface area contributed by atoms with E-state index in [4.69, 9.17) is 14.3 Å². The van der Waals surface area contributed by atoms with Crippen LogP contribution in [0.3, 0.4) is 0 Å². The molecule has 0 radical (unpaired) electrons. The molecule has 4 rings (SSSR count). The van der Waals surface area contributed by atoms with E-state index in [-0.39, 0.29) is 24.1 Å². The molecule has 0 unspecified atom stereocenters. The summed E-state index contributed by atoms with van der Waals surface area (Å²) in [6.45, 7) is 2.15. The molecule has 0 bridgehead atoms. The molecule has 3 aromatic rings. The minimum absolute atomic E-state index is 0.0341. The second kappa shape index (κ2) is 8.41. The average molecular weight is 406 g/mol. The SMILES string of the molecule is CCC[C@@H](NC(=O)OCC1c2ccccc2-c2ccccc21)c1nc(C(=O)O)co1. The standard InChI is InChI=1S/C23H22N2O5/c1-2-7-19(21-24-20(13-29-21)22(26)27)25-23(28)30-12-18-16-10-5-3-8-14(16)15-9-4-6-11-17(15)18/h3-6,8-11,13,18-19H,2,7,12H2,1H3,(H,25,28)(H,26,27)/t19-/m1/s1. The van der Waals surface area contributed by atoms with E-state index in [9.17, 15) is 9.59 Å². The highest BCUT2D eigenvalue weighted by Crippen LogP contribution is 2.44. The lowest BCUT2D eigenvalue weighted by Gasteiger charge is -2.17. The van der Waals surface area contributed by atoms with Gasteiger partial charge in [0, 0.05) is 5.92 Å². The van der Waals surface area contributed by atoms with Gasteiger partial charge in [0.2, 0.25) is 5.89 Å². The van der Waals surface area contributed by atoms with E-state index >= 15 is 0 Å². The van der Waals surface area contributed by atoms with Crippen molar-refractivity contribution in [2.24, 2.45) is 0 Å². The van der Waals surface area contributed by atoms with Crippen LogP contribution in [-0.2, 0) is 4.74 Å². The maximum Gasteiger partial charge on any atom is 0.407 e. The fraction of sp³-hybridized carbons (Fsp3) is 0.261. The molecule has 2 N–H and O–H groups in total. The van der Waals surface area contributed by atoms with Crippen molar-refractivity contribution >= 4 is 12.1 Å². The van der Waals surface area contributed by atoms with Crippen LogP contribution >= 0.6 is 0 Å². The zero-order chi connectivity index (χ0) is 21.1. The monoisotopic (exact) mass is 406 g/mol. The lowest BCUT2D eigenvalue weighted by molar-refractivity contribution is 0.0690. The number of aromatic nitrogens is 1. The van der Waals surface area contributed by atoms with Crippen LogP contribution in [0.15, 0.2) is 59.2 Å². The molecule has 0 saturated heterocycles. The summed E-state index contributed by atoms with van der Waals surface area (Å²) in [5.41, 5.74) is 4.39. The number of nitrogens with zero attached hydrogens (tertiary/aromatic N) is 1. The molecular weight excluding hydrogens is 384 g/mol. The minimum atomic E-state index is -1.18. The maximum atomic E-state index is 12.5. The van der Waals surface area contributed by atoms with Crippen LogP contribution in [0.5, 0.6) is 0 Å². The highest BCUT2D eigenvalue weighted by molar-refractivity contribution is 5.84. The zero-order valence-corrected chi connectivity index (χ0v) is 16.5. The van der Waals surface area contributed by atoms with E-state index in [0.717, 1.165) is 34.9 Å². The van der Waals surface area contributed by atoms with E-state index in [1.807, 2.05) is 31.2 Å². The van der Waals surface area contributed by atoms with Crippen LogP contribution in [0.25, 0.3) is 11.1 Å². The first-order valence-electron chi connectivity index (χ1n) is 9.88. The van der Waals surface area contributed by atoms with Crippen LogP contribution in [-0.4, -0.2) is 28.8 Å². The summed E-state index contributed by atoms with van der Waals surface area (Å²) in [4.78, 5) is 27.5. The number of fused-ring (bicyclic) bond motifs is 3. The van der Waals surface area contributed by atoms with Crippen molar-refractivity contribution in [2.75, 3.05) is 6.61 Å². The smallest absolute Gasteiger partial charge is 0.407 e. The molecule has 1 atom stereocenters. The lowest BCUT2D eigenvalue weighted by Crippen LogP contribution is -2.30. The number of carbonyl (C=O) groups is 2. The Kier molecular flexibility index (Phi) is 5.52. The van der Waals surface area contributed by atoms with E-state index < -0.39 is 18.1 Å². The summed E-state index contributed by atoms with van der Waals surface area (Å²) in [7, 11) is 0. The Hall–Kier alpha value is -3.61. The number of aromatic carboxylic acids is 1. The molecule has 0 fully saturated rings. The molecule has 1 amide bonds. The second-order valence-corrected chi connectivity index (χ2v) is 7.19. The maximum absolute atomic E-state index is 12.5. The molecule has 2 aromatic carbocycles. The quantitative estimate of drug-likeness (QED) is 0.587. The van der Waals surface area contributed by atoms with Crippen LogP contribution < -0.4 is 5.32 Å². The largest absolute Gasteiger partial charge is 0.476 e. The van der Waals surface area contributed by atoms with Gasteiger partial charge in [-0.3, -0.25) is 0 Å². The molecule has 1 aliphatic carbocycles. The van der Waals surface area contributed by atoms with Gasteiger partial charge in [0.1, 0.15) is 18.9 Å². The number of carbonyl (C=O) groups excluding carboxylic acids is 1. The molecule has 7 heteroatoms. The third kappa shape index (κ3) is 3.78. The van der Waals surface area contributed by atoms with Gasteiger partial charge < -0.3 is 19.6 Å². The number of hydrogen-bond donors (Lipinski definition) is 2. The first-order chi connectivity index (χ1) is 14.6. The van der Waals surface area contributed by atoms with Crippen molar-refractivity contribution in [3.05, 3.63) is 77.5 Å². The highest BCUT2D eigenvalue weighted by Gasteiger charge is 2.29. The summed E-state index contributed by atoms with van der Waals surface area (Å²) in [5.74, 6) is -1.06. The number of alkyl carbamates (subject to hydrolysis) is 1. The Bertz CT molecular complexity index is 1030. The van der Waals surface area contributed by atoms with Gasteiger partial charge in [0.25, 0.3) is 0 Å². The van der Waals surface area contributed by atoms with Crippen molar-refractivity contribution in [2.45, 2.75) is 31.7 Å². The molecule has 1 aromatic heterocycles. The third-order valence-electron chi connectivity index (χ3n) is 5.25. The highest BCUT2D eigenvalue weighted by atomic mass is 16.5. The van der Waals surface area contributed by atoms with Crippen molar-refractivity contribution in [1.82, 2.24) is 10.3 Å². The minimum Gasteiger partial charge on any atom is -0.476 e. The molecule has 154 valence electrons. The fourth-order valence-electron chi connectivity index (χ4n) is 3.87. The molecular formula is C23H22N2O5. The van der Waals surface area contributed by atoms with E-state index in [1.54, 1.807) is 0 Å². The normalized spacial score (nSPS) is 13.4. The summed E-state index contributed by atoms with van der Waals surface area (Å²) < 4.78 is 10.8. The van der Waals surface area contributed by atoms with Crippen LogP contribution in [0, 0.1) is 0 Å². The topological polar surface area (TPSA) is 102 Å². The molecule has 0 saturated carbocycles. The molecule has 30 heavy (non-hydrogen) atoms. The Morgan fingerprint density at radius 2 is 1.77 bits per heavy atom. The van der Waals surface area contributed by atoms with E-state index in [1.165, 1.54) is 0 Å². The van der Waals surface area contributed by atoms with Crippen molar-refractivity contribution < 1.29 is 23.8 Å². The van der Waals surface area contributed by atoms with Crippen LogP contribution in [0.1, 0.15) is 59.2 Å². The number of hydrogen-bond acceptors (Lipinski definition) is 5. The molecule has 1 aliphatic rings. The number of oxazole rings is 1. The van der Waals surface area contributed by atoms with Crippen molar-refractivity contribution in [1.29, 1.82) is 0 Å². The van der Waals surface area contributed by atoms with Crippen LogP contribution in [0.2, 0.25) is 0 Å². The van der Waals surface area contributed by atoms with Gasteiger partial charge in [-0.15, -0.1) is 0 Å². The summed E-state index contributed by atoms with van der Waals surface area (Å²) in [6.07, 6.45) is 1.77. The predicted octanol–water partition coefficient (Wildman–Crippen LogP) is 4.75. The number of ether oxygens (including phenoxy) is 1. The Labute approximate surface area is 173 Å². The van der Waals surface area contributed by atoms with Crippen molar-refractivity contribution in [3.63, 3.8) is 0 Å². The van der Waals surface area contributed by atoms with Gasteiger partial charge in [-0.2, -0.15) is 0 Å². The Morgan fingerprint density at radius 1 is 1.13 bits per heavy atom. The Morgan fingerprint density at radius 3 is 2.33 bits per heavy atom. The Balaban J connectivity index is 1.45. The molecule has 0 aliphatic heterocycles. The number of amides is 1. The number of rotatable bonds is 7. The van der Waals surface area contributed by atoms with Gasteiger partial charge >= 0.3 is 12.1 Å². The zero-order valence-electron chi connectivity index (χ0n) is 16.5. The predicted molar refractivity (Wildman–Crippen MR) is 109 cm³/mol. The summed E-state index contributed by atoms with van der Waals surface area (Å²) >= 11 is 0. The van der Waals surface area contributed by atoms with Crippen LogP contribution in [0.4, 0.5) is 4.79 Å². The first-order valence-corrected chi connectivity index (χ1v) is 9.88. The van der Waals surface area contributed by atoms with E-state index in [0.29, 0.717) is 6.42 Å². The first kappa shape index (κ1) is 19.7. The van der Waals surface area contributed by atoms with Gasteiger partial charge in [0.15, 0.2) is 5.69 Å². The number of nitrogens with one attached hydrogen (secondary N) is 1. The van der Waals surface area contributed by atoms with Gasteiger partial charge in [-0.25, -0.2) is 14.6 Å². The van der Waals surface area contributed by atoms with Gasteiger partial charge in [-0.1, -0.05) is 61.9 Å². The second-order valence-electron chi connectivity index (χ2n) is 7.19. The number of carboxylic acids is 1. The number of benzene rings is 2. The average Bonchev–Trinajstić information content (AvgIpc) is 3.36. The number of carboxylic acid groups (broad SMARTS) is 1. The fourth-order valence-corrected chi connectivity index (χ4v) is 3.87. The van der Waals surface area contributed by atoms with Gasteiger partial charge in [0.05, 0.1) is 0 Å². The summed E-state index contributed by atoms with van der Waals surface area (Å²) in [5, 5.41) is 11.8. The summed E-state index contributed by atoms with van der Waals surface area (Å²) in [6, 6.07) is 15.7. The lowest BCUT2D eigenvalue weighted by atomic mass is 9.98. The molecule has 0 spiro atoms. The molecule has 1 heterocycles.